The third-order valence-corrected chi connectivity index (χ3v) is 4.14. The van der Waals surface area contributed by atoms with Crippen molar-refractivity contribution in [2.24, 2.45) is 5.10 Å². The Kier molecular flexibility index (Phi) is 5.01. The van der Waals surface area contributed by atoms with E-state index < -0.39 is 0 Å². The normalized spacial score (nSPS) is 15.2. The second kappa shape index (κ2) is 7.37. The summed E-state index contributed by atoms with van der Waals surface area (Å²) in [6.45, 7) is 1.97. The number of benzene rings is 2. The van der Waals surface area contributed by atoms with Gasteiger partial charge in [-0.1, -0.05) is 40.0 Å². The number of carbonyl (C=O) groups excluding carboxylic acids is 1. The second-order valence-corrected chi connectivity index (χ2v) is 6.29. The first-order valence-corrected chi connectivity index (χ1v) is 8.42. The van der Waals surface area contributed by atoms with E-state index in [9.17, 15) is 4.79 Å². The second-order valence-electron chi connectivity index (χ2n) is 5.37. The van der Waals surface area contributed by atoms with Gasteiger partial charge in [-0.25, -0.2) is 0 Å². The quantitative estimate of drug-likeness (QED) is 0.573. The molecule has 0 unspecified atom stereocenters. The van der Waals surface area contributed by atoms with Crippen LogP contribution >= 0.6 is 15.9 Å². The molecule has 2 aromatic carbocycles. The van der Waals surface area contributed by atoms with Crippen LogP contribution in [0.15, 0.2) is 63.7 Å². The van der Waals surface area contributed by atoms with Gasteiger partial charge in [0.15, 0.2) is 0 Å². The first-order valence-electron chi connectivity index (χ1n) is 7.63. The van der Waals surface area contributed by atoms with Crippen LogP contribution in [0.2, 0.25) is 0 Å². The van der Waals surface area contributed by atoms with Crippen molar-refractivity contribution in [2.75, 3.05) is 11.6 Å². The average Bonchev–Trinajstić information content (AvgIpc) is 2.90. The highest BCUT2D eigenvalue weighted by Gasteiger charge is 2.28. The van der Waals surface area contributed by atoms with Gasteiger partial charge in [-0.2, -0.15) is 10.1 Å². The van der Waals surface area contributed by atoms with E-state index in [4.69, 9.17) is 11.2 Å². The number of hydrazone groups is 1. The van der Waals surface area contributed by atoms with Crippen molar-refractivity contribution < 1.29 is 9.53 Å². The number of rotatable bonds is 4. The molecule has 0 aliphatic carbocycles. The molecule has 0 radical (unpaired) electrons. The molecule has 0 atom stereocenters. The SMILES string of the molecule is C#CCOc1ccc(Br)cc1/C=C1\C(=O)N(c2ccccc2)N=C1C. The lowest BCUT2D eigenvalue weighted by atomic mass is 10.1. The minimum Gasteiger partial charge on any atom is -0.480 e. The fourth-order valence-electron chi connectivity index (χ4n) is 2.47. The van der Waals surface area contributed by atoms with Crippen molar-refractivity contribution in [3.05, 3.63) is 64.1 Å². The van der Waals surface area contributed by atoms with Crippen molar-refractivity contribution in [3.8, 4) is 18.1 Å². The molecule has 5 heteroatoms. The maximum absolute atomic E-state index is 12.8. The predicted molar refractivity (Wildman–Crippen MR) is 103 cm³/mol. The molecule has 1 heterocycles. The fourth-order valence-corrected chi connectivity index (χ4v) is 2.85. The molecule has 1 aliphatic rings. The Bertz CT molecular complexity index is 911. The zero-order chi connectivity index (χ0) is 17.8. The van der Waals surface area contributed by atoms with E-state index in [1.54, 1.807) is 6.08 Å². The van der Waals surface area contributed by atoms with Crippen LogP contribution in [0.25, 0.3) is 6.08 Å². The molecule has 0 saturated heterocycles. The number of anilines is 1. The molecule has 0 N–H and O–H groups in total. The van der Waals surface area contributed by atoms with E-state index in [0.717, 1.165) is 15.7 Å². The summed E-state index contributed by atoms with van der Waals surface area (Å²) < 4.78 is 6.45. The maximum Gasteiger partial charge on any atom is 0.280 e. The predicted octanol–water partition coefficient (Wildman–Crippen LogP) is 4.27. The minimum atomic E-state index is -0.174. The molecule has 0 spiro atoms. The Morgan fingerprint density at radius 3 is 2.76 bits per heavy atom. The maximum atomic E-state index is 12.8. The Labute approximate surface area is 154 Å². The summed E-state index contributed by atoms with van der Waals surface area (Å²) in [5.41, 5.74) is 2.66. The molecule has 0 saturated carbocycles. The molecule has 25 heavy (non-hydrogen) atoms. The topological polar surface area (TPSA) is 41.9 Å². The van der Waals surface area contributed by atoms with E-state index in [2.05, 4.69) is 27.0 Å². The van der Waals surface area contributed by atoms with Crippen LogP contribution in [0.3, 0.4) is 0 Å². The highest BCUT2D eigenvalue weighted by Crippen LogP contribution is 2.29. The largest absolute Gasteiger partial charge is 0.480 e. The van der Waals surface area contributed by atoms with Gasteiger partial charge in [0.1, 0.15) is 12.4 Å². The van der Waals surface area contributed by atoms with E-state index in [-0.39, 0.29) is 12.5 Å². The van der Waals surface area contributed by atoms with Gasteiger partial charge >= 0.3 is 0 Å². The van der Waals surface area contributed by atoms with Gasteiger partial charge in [-0.05, 0) is 43.3 Å². The lowest BCUT2D eigenvalue weighted by Gasteiger charge is -2.11. The van der Waals surface area contributed by atoms with Gasteiger partial charge in [0.2, 0.25) is 0 Å². The van der Waals surface area contributed by atoms with Gasteiger partial charge < -0.3 is 4.74 Å². The van der Waals surface area contributed by atoms with Crippen molar-refractivity contribution in [1.29, 1.82) is 0 Å². The molecule has 3 rings (SSSR count). The molecule has 0 bridgehead atoms. The zero-order valence-corrected chi connectivity index (χ0v) is 15.2. The number of halogens is 1. The summed E-state index contributed by atoms with van der Waals surface area (Å²) >= 11 is 3.44. The molecule has 4 nitrogen and oxygen atoms in total. The van der Waals surface area contributed by atoms with E-state index in [0.29, 0.717) is 17.0 Å². The monoisotopic (exact) mass is 394 g/mol. The summed E-state index contributed by atoms with van der Waals surface area (Å²) in [5, 5.41) is 5.78. The summed E-state index contributed by atoms with van der Waals surface area (Å²) in [6, 6.07) is 14.9. The number of nitrogens with zero attached hydrogens (tertiary/aromatic N) is 2. The summed E-state index contributed by atoms with van der Waals surface area (Å²) in [7, 11) is 0. The van der Waals surface area contributed by atoms with Crippen molar-refractivity contribution in [3.63, 3.8) is 0 Å². The molecule has 0 fully saturated rings. The third kappa shape index (κ3) is 3.65. The van der Waals surface area contributed by atoms with Gasteiger partial charge in [0.05, 0.1) is 17.0 Å². The first kappa shape index (κ1) is 17.0. The Hall–Kier alpha value is -2.84. The van der Waals surface area contributed by atoms with Crippen LogP contribution in [-0.4, -0.2) is 18.2 Å². The number of hydrogen-bond acceptors (Lipinski definition) is 3. The molecular weight excluding hydrogens is 380 g/mol. The van der Waals surface area contributed by atoms with Gasteiger partial charge in [-0.15, -0.1) is 6.42 Å². The minimum absolute atomic E-state index is 0.162. The van der Waals surface area contributed by atoms with Crippen LogP contribution in [0.4, 0.5) is 5.69 Å². The highest BCUT2D eigenvalue weighted by atomic mass is 79.9. The van der Waals surface area contributed by atoms with Crippen LogP contribution in [0, 0.1) is 12.3 Å². The third-order valence-electron chi connectivity index (χ3n) is 3.65. The van der Waals surface area contributed by atoms with E-state index >= 15 is 0 Å². The lowest BCUT2D eigenvalue weighted by Crippen LogP contribution is -2.21. The van der Waals surface area contributed by atoms with E-state index in [1.165, 1.54) is 5.01 Å². The first-order chi connectivity index (χ1) is 12.1. The number of terminal acetylenes is 1. The molecule has 124 valence electrons. The highest BCUT2D eigenvalue weighted by molar-refractivity contribution is 9.10. The van der Waals surface area contributed by atoms with Crippen molar-refractivity contribution in [1.82, 2.24) is 0 Å². The molecular formula is C20H15BrN2O2. The number of para-hydroxylation sites is 1. The number of carbonyl (C=O) groups is 1. The molecule has 1 aliphatic heterocycles. The van der Waals surface area contributed by atoms with E-state index in [1.807, 2.05) is 55.5 Å². The van der Waals surface area contributed by atoms with Crippen LogP contribution < -0.4 is 9.75 Å². The smallest absolute Gasteiger partial charge is 0.280 e. The summed E-state index contributed by atoms with van der Waals surface area (Å²) in [4.78, 5) is 12.8. The molecule has 2 aromatic rings. The standard InChI is InChI=1S/C20H15BrN2O2/c1-3-11-25-19-10-9-16(21)12-15(19)13-18-14(2)22-23(20(18)24)17-7-5-4-6-8-17/h1,4-10,12-13H,11H2,2H3/b18-13-. The van der Waals surface area contributed by atoms with Crippen molar-refractivity contribution >= 4 is 39.3 Å². The Balaban J connectivity index is 1.97. The van der Waals surface area contributed by atoms with Gasteiger partial charge in [-0.3, -0.25) is 4.79 Å². The number of ether oxygens (including phenoxy) is 1. The van der Waals surface area contributed by atoms with Crippen LogP contribution in [0.1, 0.15) is 12.5 Å². The molecule has 0 aromatic heterocycles. The molecule has 1 amide bonds. The van der Waals surface area contributed by atoms with Gasteiger partial charge in [0.25, 0.3) is 5.91 Å². The fraction of sp³-hybridized carbons (Fsp3) is 0.100. The Morgan fingerprint density at radius 2 is 2.04 bits per heavy atom. The Morgan fingerprint density at radius 1 is 1.28 bits per heavy atom. The summed E-state index contributed by atoms with van der Waals surface area (Å²) in [5.74, 6) is 2.89. The number of amides is 1. The lowest BCUT2D eigenvalue weighted by molar-refractivity contribution is -0.114. The zero-order valence-electron chi connectivity index (χ0n) is 13.6. The van der Waals surface area contributed by atoms with Gasteiger partial charge in [0, 0.05) is 10.0 Å². The van der Waals surface area contributed by atoms with Crippen molar-refractivity contribution in [2.45, 2.75) is 6.92 Å². The summed E-state index contributed by atoms with van der Waals surface area (Å²) in [6.07, 6.45) is 7.05. The van der Waals surface area contributed by atoms with Crippen LogP contribution in [0.5, 0.6) is 5.75 Å². The van der Waals surface area contributed by atoms with Crippen LogP contribution in [-0.2, 0) is 4.79 Å². The average molecular weight is 395 g/mol. The number of hydrogen-bond donors (Lipinski definition) is 0.